The van der Waals surface area contributed by atoms with Crippen molar-refractivity contribution < 1.29 is 9.15 Å². The minimum absolute atomic E-state index is 0.209. The number of benzene rings is 1. The van der Waals surface area contributed by atoms with Crippen molar-refractivity contribution in [3.8, 4) is 17.1 Å². The van der Waals surface area contributed by atoms with E-state index in [0.717, 1.165) is 42.6 Å². The van der Waals surface area contributed by atoms with Crippen LogP contribution in [0, 0.1) is 6.92 Å². The second-order valence-electron chi connectivity index (χ2n) is 6.55. The molecule has 3 aromatic rings. The van der Waals surface area contributed by atoms with E-state index in [1.54, 1.807) is 12.4 Å². The molecular formula is C21H23N3O2. The molecular weight excluding hydrogens is 326 g/mol. The van der Waals surface area contributed by atoms with Gasteiger partial charge in [-0.1, -0.05) is 29.8 Å². The molecule has 1 aromatic carbocycles. The number of nitrogens with zero attached hydrogens (tertiary/aromatic N) is 2. The van der Waals surface area contributed by atoms with Gasteiger partial charge < -0.3 is 19.4 Å². The van der Waals surface area contributed by atoms with Gasteiger partial charge in [-0.05, 0) is 25.1 Å². The van der Waals surface area contributed by atoms with Crippen molar-refractivity contribution in [1.82, 2.24) is 10.3 Å². The van der Waals surface area contributed by atoms with Gasteiger partial charge in [0.2, 0.25) is 0 Å². The van der Waals surface area contributed by atoms with Crippen LogP contribution < -0.4 is 15.0 Å². The standard InChI is InChI=1S/C21H23N3O2/c1-16-4-6-17(7-5-16)20-8-9-21(26-20)24-12-11-23-13-18(24)15-25-19-3-2-10-22-14-19/h2-10,14,18,23H,11-13,15H2,1H3. The zero-order chi connectivity index (χ0) is 17.8. The Labute approximate surface area is 153 Å². The van der Waals surface area contributed by atoms with Crippen LogP contribution in [-0.4, -0.2) is 37.3 Å². The number of nitrogens with one attached hydrogen (secondary N) is 1. The van der Waals surface area contributed by atoms with Crippen LogP contribution in [0.5, 0.6) is 5.75 Å². The molecule has 26 heavy (non-hydrogen) atoms. The number of ether oxygens (including phenoxy) is 1. The zero-order valence-electron chi connectivity index (χ0n) is 14.9. The Kier molecular flexibility index (Phi) is 4.88. The molecule has 3 heterocycles. The van der Waals surface area contributed by atoms with Crippen LogP contribution >= 0.6 is 0 Å². The lowest BCUT2D eigenvalue weighted by Gasteiger charge is -2.35. The molecule has 1 unspecified atom stereocenters. The first kappa shape index (κ1) is 16.7. The van der Waals surface area contributed by atoms with Crippen LogP contribution in [0.15, 0.2) is 65.3 Å². The van der Waals surface area contributed by atoms with E-state index in [0.29, 0.717) is 6.61 Å². The van der Waals surface area contributed by atoms with Gasteiger partial charge in [-0.15, -0.1) is 0 Å². The summed E-state index contributed by atoms with van der Waals surface area (Å²) in [5.74, 6) is 2.57. The Morgan fingerprint density at radius 2 is 2.08 bits per heavy atom. The van der Waals surface area contributed by atoms with E-state index >= 15 is 0 Å². The van der Waals surface area contributed by atoms with Gasteiger partial charge in [0.05, 0.1) is 12.2 Å². The third-order valence-corrected chi connectivity index (χ3v) is 4.64. The van der Waals surface area contributed by atoms with Crippen molar-refractivity contribution in [2.75, 3.05) is 31.1 Å². The minimum atomic E-state index is 0.209. The van der Waals surface area contributed by atoms with Crippen molar-refractivity contribution >= 4 is 5.88 Å². The summed E-state index contributed by atoms with van der Waals surface area (Å²) in [6, 6.07) is 16.5. The maximum atomic E-state index is 6.16. The van der Waals surface area contributed by atoms with Gasteiger partial charge in [-0.3, -0.25) is 4.98 Å². The Balaban J connectivity index is 1.48. The maximum Gasteiger partial charge on any atom is 0.196 e. The molecule has 1 saturated heterocycles. The SMILES string of the molecule is Cc1ccc(-c2ccc(N3CCNCC3COc3cccnc3)o2)cc1. The summed E-state index contributed by atoms with van der Waals surface area (Å²) in [7, 11) is 0. The van der Waals surface area contributed by atoms with Gasteiger partial charge in [-0.2, -0.15) is 0 Å². The van der Waals surface area contributed by atoms with E-state index in [4.69, 9.17) is 9.15 Å². The smallest absolute Gasteiger partial charge is 0.196 e. The minimum Gasteiger partial charge on any atom is -0.490 e. The summed E-state index contributed by atoms with van der Waals surface area (Å²) in [6.07, 6.45) is 3.49. The highest BCUT2D eigenvalue weighted by atomic mass is 16.5. The Morgan fingerprint density at radius 1 is 1.19 bits per heavy atom. The fraction of sp³-hybridized carbons (Fsp3) is 0.286. The van der Waals surface area contributed by atoms with Crippen LogP contribution in [0.1, 0.15) is 5.56 Å². The maximum absolute atomic E-state index is 6.16. The number of piperazine rings is 1. The van der Waals surface area contributed by atoms with Crippen LogP contribution in [0.2, 0.25) is 0 Å². The molecule has 0 bridgehead atoms. The second kappa shape index (κ2) is 7.62. The van der Waals surface area contributed by atoms with Crippen LogP contribution in [-0.2, 0) is 0 Å². The van der Waals surface area contributed by atoms with Crippen molar-refractivity contribution in [3.63, 3.8) is 0 Å². The second-order valence-corrected chi connectivity index (χ2v) is 6.55. The van der Waals surface area contributed by atoms with Gasteiger partial charge in [0.1, 0.15) is 18.1 Å². The van der Waals surface area contributed by atoms with E-state index in [-0.39, 0.29) is 6.04 Å². The molecule has 4 rings (SSSR count). The summed E-state index contributed by atoms with van der Waals surface area (Å²) in [4.78, 5) is 6.38. The van der Waals surface area contributed by atoms with E-state index in [9.17, 15) is 0 Å². The highest BCUT2D eigenvalue weighted by molar-refractivity contribution is 5.60. The van der Waals surface area contributed by atoms with Gasteiger partial charge in [0.25, 0.3) is 0 Å². The molecule has 1 atom stereocenters. The average Bonchev–Trinajstić information content (AvgIpc) is 3.18. The van der Waals surface area contributed by atoms with Crippen LogP contribution in [0.3, 0.4) is 0 Å². The number of anilines is 1. The van der Waals surface area contributed by atoms with Crippen molar-refractivity contribution in [2.45, 2.75) is 13.0 Å². The van der Waals surface area contributed by atoms with Crippen molar-refractivity contribution in [1.29, 1.82) is 0 Å². The molecule has 2 aromatic heterocycles. The number of hydrogen-bond acceptors (Lipinski definition) is 5. The molecule has 0 spiro atoms. The predicted molar refractivity (Wildman–Crippen MR) is 103 cm³/mol. The first-order chi connectivity index (χ1) is 12.8. The van der Waals surface area contributed by atoms with Crippen LogP contribution in [0.25, 0.3) is 11.3 Å². The normalized spacial score (nSPS) is 17.3. The Morgan fingerprint density at radius 3 is 2.88 bits per heavy atom. The molecule has 1 aliphatic heterocycles. The number of pyridine rings is 1. The third-order valence-electron chi connectivity index (χ3n) is 4.64. The summed E-state index contributed by atoms with van der Waals surface area (Å²) >= 11 is 0. The topological polar surface area (TPSA) is 50.5 Å². The fourth-order valence-corrected chi connectivity index (χ4v) is 3.18. The molecule has 134 valence electrons. The quantitative estimate of drug-likeness (QED) is 0.764. The molecule has 0 aliphatic carbocycles. The van der Waals surface area contributed by atoms with Gasteiger partial charge >= 0.3 is 0 Å². The predicted octanol–water partition coefficient (Wildman–Crippen LogP) is 3.51. The molecule has 1 aliphatic rings. The fourth-order valence-electron chi connectivity index (χ4n) is 3.18. The average molecular weight is 349 g/mol. The lowest BCUT2D eigenvalue weighted by molar-refractivity contribution is 0.261. The van der Waals surface area contributed by atoms with Crippen LogP contribution in [0.4, 0.5) is 5.88 Å². The van der Waals surface area contributed by atoms with Gasteiger partial charge in [0.15, 0.2) is 5.88 Å². The summed E-state index contributed by atoms with van der Waals surface area (Å²) in [5.41, 5.74) is 2.34. The molecule has 0 amide bonds. The van der Waals surface area contributed by atoms with E-state index in [1.165, 1.54) is 5.56 Å². The number of aryl methyl sites for hydroxylation is 1. The Hall–Kier alpha value is -2.79. The van der Waals surface area contributed by atoms with E-state index < -0.39 is 0 Å². The molecule has 1 N–H and O–H groups in total. The summed E-state index contributed by atoms with van der Waals surface area (Å²) < 4.78 is 12.1. The molecule has 5 heteroatoms. The Bertz CT molecular complexity index is 830. The molecule has 0 radical (unpaired) electrons. The largest absolute Gasteiger partial charge is 0.490 e. The number of hydrogen-bond donors (Lipinski definition) is 1. The van der Waals surface area contributed by atoms with Crippen molar-refractivity contribution in [3.05, 3.63) is 66.5 Å². The summed E-state index contributed by atoms with van der Waals surface area (Å²) in [6.45, 7) is 5.36. The van der Waals surface area contributed by atoms with Gasteiger partial charge in [-0.25, -0.2) is 0 Å². The van der Waals surface area contributed by atoms with E-state index in [1.807, 2.05) is 18.2 Å². The molecule has 5 nitrogen and oxygen atoms in total. The highest BCUT2D eigenvalue weighted by Gasteiger charge is 2.25. The van der Waals surface area contributed by atoms with E-state index in [2.05, 4.69) is 52.5 Å². The van der Waals surface area contributed by atoms with Crippen molar-refractivity contribution in [2.24, 2.45) is 0 Å². The number of furan rings is 1. The first-order valence-corrected chi connectivity index (χ1v) is 8.97. The monoisotopic (exact) mass is 349 g/mol. The lowest BCUT2D eigenvalue weighted by Crippen LogP contribution is -2.53. The molecule has 1 fully saturated rings. The summed E-state index contributed by atoms with van der Waals surface area (Å²) in [5, 5.41) is 3.44. The highest BCUT2D eigenvalue weighted by Crippen LogP contribution is 2.29. The van der Waals surface area contributed by atoms with Gasteiger partial charge in [0, 0.05) is 37.5 Å². The third kappa shape index (κ3) is 3.73. The number of aromatic nitrogens is 1. The first-order valence-electron chi connectivity index (χ1n) is 8.97. The molecule has 0 saturated carbocycles. The zero-order valence-corrected chi connectivity index (χ0v) is 14.9. The number of rotatable bonds is 5. The lowest BCUT2D eigenvalue weighted by atomic mass is 10.1.